The maximum atomic E-state index is 12.7. The monoisotopic (exact) mass is 328 g/mol. The Morgan fingerprint density at radius 2 is 2.17 bits per heavy atom. The van der Waals surface area contributed by atoms with Crippen molar-refractivity contribution in [3.8, 4) is 0 Å². The zero-order valence-corrected chi connectivity index (χ0v) is 12.7. The molecule has 1 aliphatic heterocycles. The Labute approximate surface area is 132 Å². The number of halogens is 3. The molecule has 2 rings (SSSR count). The third kappa shape index (κ3) is 4.71. The predicted molar refractivity (Wildman–Crippen MR) is 78.6 cm³/mol. The highest BCUT2D eigenvalue weighted by Crippen LogP contribution is 2.31. The number of carbonyl (C=O) groups excluding carboxylic acids is 2. The van der Waals surface area contributed by atoms with Crippen molar-refractivity contribution in [2.24, 2.45) is 5.92 Å². The average molecular weight is 328 g/mol. The van der Waals surface area contributed by atoms with Crippen molar-refractivity contribution in [2.45, 2.75) is 31.9 Å². The zero-order valence-electron chi connectivity index (χ0n) is 12.7. The number of nitrogens with one attached hydrogen (secondary N) is 2. The van der Waals surface area contributed by atoms with Crippen molar-refractivity contribution in [1.82, 2.24) is 10.6 Å². The predicted octanol–water partition coefficient (Wildman–Crippen LogP) is 2.45. The van der Waals surface area contributed by atoms with E-state index in [-0.39, 0.29) is 36.6 Å². The molecule has 4 nitrogen and oxygen atoms in total. The fourth-order valence-corrected chi connectivity index (χ4v) is 2.55. The second kappa shape index (κ2) is 7.02. The van der Waals surface area contributed by atoms with Gasteiger partial charge in [-0.25, -0.2) is 0 Å². The molecule has 1 aromatic carbocycles. The molecule has 23 heavy (non-hydrogen) atoms. The molecular weight excluding hydrogens is 309 g/mol. The number of alkyl halides is 3. The van der Waals surface area contributed by atoms with E-state index >= 15 is 0 Å². The normalized spacial score (nSPS) is 19.8. The fraction of sp³-hybridized carbons (Fsp3) is 0.500. The topological polar surface area (TPSA) is 58.2 Å². The van der Waals surface area contributed by atoms with Gasteiger partial charge in [0.25, 0.3) is 0 Å². The van der Waals surface area contributed by atoms with Crippen LogP contribution < -0.4 is 10.6 Å². The van der Waals surface area contributed by atoms with E-state index in [0.29, 0.717) is 18.5 Å². The molecule has 0 bridgehead atoms. The van der Waals surface area contributed by atoms with E-state index in [9.17, 15) is 22.8 Å². The lowest BCUT2D eigenvalue weighted by molar-refractivity contribution is -0.137. The first-order chi connectivity index (χ1) is 10.8. The lowest BCUT2D eigenvalue weighted by Gasteiger charge is -2.22. The molecule has 2 N–H and O–H groups in total. The van der Waals surface area contributed by atoms with Crippen LogP contribution in [0.3, 0.4) is 0 Å². The molecule has 0 spiro atoms. The summed E-state index contributed by atoms with van der Waals surface area (Å²) in [7, 11) is 0. The zero-order chi connectivity index (χ0) is 17.0. The molecule has 126 valence electrons. The van der Waals surface area contributed by atoms with Crippen LogP contribution in [0.4, 0.5) is 13.2 Å². The van der Waals surface area contributed by atoms with Crippen LogP contribution in [0.1, 0.15) is 36.8 Å². The smallest absolute Gasteiger partial charge is 0.356 e. The Kier molecular flexibility index (Phi) is 5.28. The van der Waals surface area contributed by atoms with Crippen molar-refractivity contribution >= 4 is 11.8 Å². The summed E-state index contributed by atoms with van der Waals surface area (Å²) in [5.74, 6) is -0.989. The third-order valence-electron chi connectivity index (χ3n) is 3.98. The molecule has 2 amide bonds. The van der Waals surface area contributed by atoms with Crippen molar-refractivity contribution in [2.75, 3.05) is 13.1 Å². The number of hydrogen-bond donors (Lipinski definition) is 2. The molecule has 1 aliphatic rings. The van der Waals surface area contributed by atoms with Crippen LogP contribution in [0, 0.1) is 5.92 Å². The van der Waals surface area contributed by atoms with E-state index in [1.165, 1.54) is 6.07 Å². The van der Waals surface area contributed by atoms with E-state index in [2.05, 4.69) is 10.6 Å². The second-order valence-corrected chi connectivity index (χ2v) is 5.81. The van der Waals surface area contributed by atoms with Crippen LogP contribution in [-0.4, -0.2) is 24.9 Å². The highest BCUT2D eigenvalue weighted by molar-refractivity contribution is 5.86. The summed E-state index contributed by atoms with van der Waals surface area (Å²) in [6.45, 7) is 2.46. The number of carbonyl (C=O) groups is 2. The standard InChI is InChI=1S/C16H19F3N2O2/c1-10(11-3-2-4-13(7-11)16(17,18)19)9-21-15(23)12-5-6-20-14(22)8-12/h2-4,7,10,12H,5-6,8-9H2,1H3,(H,20,22)(H,21,23)/t10-,12-/m0/s1. The summed E-state index contributed by atoms with van der Waals surface area (Å²) in [4.78, 5) is 23.3. The Hall–Kier alpha value is -2.05. The summed E-state index contributed by atoms with van der Waals surface area (Å²) in [6.07, 6.45) is -3.65. The van der Waals surface area contributed by atoms with E-state index in [4.69, 9.17) is 0 Å². The molecule has 1 fully saturated rings. The molecule has 2 atom stereocenters. The van der Waals surface area contributed by atoms with Gasteiger partial charge in [0.1, 0.15) is 0 Å². The number of rotatable bonds is 4. The molecule has 0 radical (unpaired) electrons. The number of amides is 2. The van der Waals surface area contributed by atoms with Crippen LogP contribution in [0.25, 0.3) is 0 Å². The van der Waals surface area contributed by atoms with Crippen molar-refractivity contribution in [3.05, 3.63) is 35.4 Å². The van der Waals surface area contributed by atoms with Gasteiger partial charge in [0.2, 0.25) is 11.8 Å². The minimum absolute atomic E-state index is 0.151. The van der Waals surface area contributed by atoms with E-state index in [1.54, 1.807) is 13.0 Å². The molecule has 0 aliphatic carbocycles. The number of benzene rings is 1. The van der Waals surface area contributed by atoms with Gasteiger partial charge in [0.15, 0.2) is 0 Å². The van der Waals surface area contributed by atoms with Crippen molar-refractivity contribution < 1.29 is 22.8 Å². The highest BCUT2D eigenvalue weighted by Gasteiger charge is 2.31. The Morgan fingerprint density at radius 3 is 2.83 bits per heavy atom. The van der Waals surface area contributed by atoms with Gasteiger partial charge in [0, 0.05) is 25.4 Å². The Morgan fingerprint density at radius 1 is 1.43 bits per heavy atom. The fourth-order valence-electron chi connectivity index (χ4n) is 2.55. The molecule has 1 heterocycles. The van der Waals surface area contributed by atoms with Gasteiger partial charge in [-0.15, -0.1) is 0 Å². The SMILES string of the molecule is C[C@@H](CNC(=O)[C@H]1CCNC(=O)C1)c1cccc(C(F)(F)F)c1. The lowest BCUT2D eigenvalue weighted by atomic mass is 9.95. The quantitative estimate of drug-likeness (QED) is 0.892. The maximum Gasteiger partial charge on any atom is 0.416 e. The third-order valence-corrected chi connectivity index (χ3v) is 3.98. The number of piperidine rings is 1. The van der Waals surface area contributed by atoms with E-state index in [1.807, 2.05) is 0 Å². The second-order valence-electron chi connectivity index (χ2n) is 5.81. The molecule has 1 aromatic rings. The number of hydrogen-bond acceptors (Lipinski definition) is 2. The lowest BCUT2D eigenvalue weighted by Crippen LogP contribution is -2.41. The summed E-state index contributed by atoms with van der Waals surface area (Å²) < 4.78 is 38.2. The first kappa shape index (κ1) is 17.3. The minimum Gasteiger partial charge on any atom is -0.356 e. The van der Waals surface area contributed by atoms with Gasteiger partial charge in [-0.2, -0.15) is 13.2 Å². The molecule has 0 aromatic heterocycles. The molecule has 7 heteroatoms. The van der Waals surface area contributed by atoms with Gasteiger partial charge >= 0.3 is 6.18 Å². The van der Waals surface area contributed by atoms with E-state index < -0.39 is 11.7 Å². The van der Waals surface area contributed by atoms with Crippen LogP contribution in [0.2, 0.25) is 0 Å². The summed E-state index contributed by atoms with van der Waals surface area (Å²) in [5.41, 5.74) is -0.182. The molecular formula is C16H19F3N2O2. The van der Waals surface area contributed by atoms with Gasteiger partial charge < -0.3 is 10.6 Å². The summed E-state index contributed by atoms with van der Waals surface area (Å²) in [6, 6.07) is 5.10. The summed E-state index contributed by atoms with van der Waals surface area (Å²) in [5, 5.41) is 5.38. The van der Waals surface area contributed by atoms with Crippen LogP contribution in [0.5, 0.6) is 0 Å². The Bertz CT molecular complexity index is 587. The van der Waals surface area contributed by atoms with Crippen LogP contribution >= 0.6 is 0 Å². The first-order valence-electron chi connectivity index (χ1n) is 7.49. The van der Waals surface area contributed by atoms with Crippen LogP contribution in [0.15, 0.2) is 24.3 Å². The largest absolute Gasteiger partial charge is 0.416 e. The average Bonchev–Trinajstić information content (AvgIpc) is 2.51. The van der Waals surface area contributed by atoms with Crippen LogP contribution in [-0.2, 0) is 15.8 Å². The van der Waals surface area contributed by atoms with Crippen molar-refractivity contribution in [1.29, 1.82) is 0 Å². The minimum atomic E-state index is -4.38. The van der Waals surface area contributed by atoms with Gasteiger partial charge in [-0.1, -0.05) is 25.1 Å². The van der Waals surface area contributed by atoms with E-state index in [0.717, 1.165) is 12.1 Å². The van der Waals surface area contributed by atoms with Gasteiger partial charge in [-0.3, -0.25) is 9.59 Å². The molecule has 0 saturated carbocycles. The van der Waals surface area contributed by atoms with Gasteiger partial charge in [-0.05, 0) is 24.0 Å². The first-order valence-corrected chi connectivity index (χ1v) is 7.49. The van der Waals surface area contributed by atoms with Crippen molar-refractivity contribution in [3.63, 3.8) is 0 Å². The maximum absolute atomic E-state index is 12.7. The Balaban J connectivity index is 1.93. The summed E-state index contributed by atoms with van der Waals surface area (Å²) >= 11 is 0. The molecule has 1 saturated heterocycles. The molecule has 0 unspecified atom stereocenters. The van der Waals surface area contributed by atoms with Gasteiger partial charge in [0.05, 0.1) is 5.56 Å². The highest BCUT2D eigenvalue weighted by atomic mass is 19.4.